The van der Waals surface area contributed by atoms with Crippen LogP contribution in [0.2, 0.25) is 0 Å². The van der Waals surface area contributed by atoms with E-state index in [9.17, 15) is 0 Å². The topological polar surface area (TPSA) is 17.3 Å². The van der Waals surface area contributed by atoms with E-state index in [1.807, 2.05) is 33.0 Å². The molecular formula is C11H16N2. The number of fused-ring (bicyclic) bond motifs is 1. The molecule has 0 aliphatic rings. The zero-order valence-electron chi connectivity index (χ0n) is 8.70. The van der Waals surface area contributed by atoms with Crippen LogP contribution < -0.4 is 0 Å². The highest BCUT2D eigenvalue weighted by molar-refractivity contribution is 5.41. The molecule has 0 aliphatic carbocycles. The lowest BCUT2D eigenvalue weighted by Gasteiger charge is -1.97. The lowest BCUT2D eigenvalue weighted by Crippen LogP contribution is -1.89. The Labute approximate surface area is 79.2 Å². The van der Waals surface area contributed by atoms with E-state index < -0.39 is 0 Å². The van der Waals surface area contributed by atoms with Crippen LogP contribution in [0.5, 0.6) is 0 Å². The largest absolute Gasteiger partial charge is 0.306 e. The number of aryl methyl sites for hydroxylation is 2. The smallest absolute Gasteiger partial charge is 0.136 e. The highest BCUT2D eigenvalue weighted by atomic mass is 15.0. The summed E-state index contributed by atoms with van der Waals surface area (Å²) in [5.74, 6) is 0. The van der Waals surface area contributed by atoms with E-state index in [2.05, 4.69) is 28.6 Å². The second kappa shape index (κ2) is 4.08. The first kappa shape index (κ1) is 9.78. The number of aromatic nitrogens is 2. The van der Waals surface area contributed by atoms with Gasteiger partial charge in [-0.3, -0.25) is 0 Å². The van der Waals surface area contributed by atoms with Crippen LogP contribution in [0, 0.1) is 13.8 Å². The Kier molecular flexibility index (Phi) is 3.07. The van der Waals surface area contributed by atoms with Gasteiger partial charge >= 0.3 is 0 Å². The second-order valence-corrected chi connectivity index (χ2v) is 2.83. The first-order valence-electron chi connectivity index (χ1n) is 4.68. The third-order valence-corrected chi connectivity index (χ3v) is 1.83. The van der Waals surface area contributed by atoms with Crippen molar-refractivity contribution < 1.29 is 0 Å². The quantitative estimate of drug-likeness (QED) is 0.603. The monoisotopic (exact) mass is 176 g/mol. The molecular weight excluding hydrogens is 160 g/mol. The van der Waals surface area contributed by atoms with Crippen LogP contribution in [0.15, 0.2) is 24.5 Å². The predicted octanol–water partition coefficient (Wildman–Crippen LogP) is 2.98. The van der Waals surface area contributed by atoms with Gasteiger partial charge in [-0.1, -0.05) is 13.8 Å². The summed E-state index contributed by atoms with van der Waals surface area (Å²) < 4.78 is 2.09. The van der Waals surface area contributed by atoms with Gasteiger partial charge in [0.15, 0.2) is 0 Å². The summed E-state index contributed by atoms with van der Waals surface area (Å²) in [5, 5.41) is 0. The molecule has 0 atom stereocenters. The number of rotatable bonds is 0. The molecule has 2 heterocycles. The normalized spacial score (nSPS) is 9.54. The SMILES string of the molecule is CC.Cc1cnc2ccc(C)n2c1. The Morgan fingerprint density at radius 1 is 1.15 bits per heavy atom. The Bertz CT molecular complexity index is 388. The summed E-state index contributed by atoms with van der Waals surface area (Å²) >= 11 is 0. The van der Waals surface area contributed by atoms with Crippen LogP contribution >= 0.6 is 0 Å². The molecule has 70 valence electrons. The van der Waals surface area contributed by atoms with Crippen molar-refractivity contribution in [2.75, 3.05) is 0 Å². The van der Waals surface area contributed by atoms with Crippen molar-refractivity contribution in [3.05, 3.63) is 35.8 Å². The minimum atomic E-state index is 1.02. The molecule has 2 aromatic rings. The van der Waals surface area contributed by atoms with Crippen LogP contribution in [0.1, 0.15) is 25.1 Å². The third kappa shape index (κ3) is 1.89. The fourth-order valence-electron chi connectivity index (χ4n) is 1.21. The highest BCUT2D eigenvalue weighted by Crippen LogP contribution is 2.06. The molecule has 2 aromatic heterocycles. The maximum atomic E-state index is 4.26. The van der Waals surface area contributed by atoms with Crippen LogP contribution in [0.3, 0.4) is 0 Å². The molecule has 13 heavy (non-hydrogen) atoms. The van der Waals surface area contributed by atoms with Gasteiger partial charge in [-0.25, -0.2) is 4.98 Å². The maximum Gasteiger partial charge on any atom is 0.136 e. The molecule has 0 fully saturated rings. The molecule has 0 spiro atoms. The molecule has 2 heteroatoms. The summed E-state index contributed by atoms with van der Waals surface area (Å²) in [7, 11) is 0. The van der Waals surface area contributed by atoms with Crippen molar-refractivity contribution in [3.63, 3.8) is 0 Å². The molecule has 2 rings (SSSR count). The molecule has 0 aliphatic heterocycles. The van der Waals surface area contributed by atoms with Gasteiger partial charge in [-0.2, -0.15) is 0 Å². The van der Waals surface area contributed by atoms with Gasteiger partial charge in [0.1, 0.15) is 5.65 Å². The molecule has 0 bridgehead atoms. The van der Waals surface area contributed by atoms with Gasteiger partial charge < -0.3 is 4.40 Å². The number of nitrogens with zero attached hydrogens (tertiary/aromatic N) is 2. The van der Waals surface area contributed by atoms with E-state index >= 15 is 0 Å². The van der Waals surface area contributed by atoms with E-state index in [-0.39, 0.29) is 0 Å². The first-order valence-corrected chi connectivity index (χ1v) is 4.68. The minimum Gasteiger partial charge on any atom is -0.306 e. The molecule has 0 radical (unpaired) electrons. The van der Waals surface area contributed by atoms with Crippen LogP contribution in [-0.2, 0) is 0 Å². The summed E-state index contributed by atoms with van der Waals surface area (Å²) in [4.78, 5) is 4.26. The number of hydrogen-bond donors (Lipinski definition) is 0. The predicted molar refractivity (Wildman–Crippen MR) is 56.0 cm³/mol. The highest BCUT2D eigenvalue weighted by Gasteiger charge is 1.95. The molecule has 0 aromatic carbocycles. The van der Waals surface area contributed by atoms with Gasteiger partial charge in [-0.15, -0.1) is 0 Å². The first-order chi connectivity index (χ1) is 6.27. The lowest BCUT2D eigenvalue weighted by molar-refractivity contribution is 1.05. The summed E-state index contributed by atoms with van der Waals surface area (Å²) in [6.07, 6.45) is 3.98. The van der Waals surface area contributed by atoms with Crippen LogP contribution in [0.4, 0.5) is 0 Å². The number of hydrogen-bond acceptors (Lipinski definition) is 1. The van der Waals surface area contributed by atoms with Crippen LogP contribution in [-0.4, -0.2) is 9.38 Å². The van der Waals surface area contributed by atoms with E-state index in [1.54, 1.807) is 0 Å². The third-order valence-electron chi connectivity index (χ3n) is 1.83. The van der Waals surface area contributed by atoms with Crippen molar-refractivity contribution in [1.82, 2.24) is 9.38 Å². The van der Waals surface area contributed by atoms with Gasteiger partial charge in [0.2, 0.25) is 0 Å². The average molecular weight is 176 g/mol. The Morgan fingerprint density at radius 2 is 1.85 bits per heavy atom. The fraction of sp³-hybridized carbons (Fsp3) is 0.364. The van der Waals surface area contributed by atoms with Crippen molar-refractivity contribution >= 4 is 5.65 Å². The molecule has 0 N–H and O–H groups in total. The molecule has 0 saturated heterocycles. The van der Waals surface area contributed by atoms with Gasteiger partial charge in [-0.05, 0) is 31.5 Å². The molecule has 0 amide bonds. The van der Waals surface area contributed by atoms with E-state index in [4.69, 9.17) is 0 Å². The van der Waals surface area contributed by atoms with Gasteiger partial charge in [0.05, 0.1) is 0 Å². The van der Waals surface area contributed by atoms with Gasteiger partial charge in [0.25, 0.3) is 0 Å². The Hall–Kier alpha value is -1.31. The second-order valence-electron chi connectivity index (χ2n) is 2.83. The van der Waals surface area contributed by atoms with Crippen molar-refractivity contribution in [1.29, 1.82) is 0 Å². The Morgan fingerprint density at radius 3 is 2.54 bits per heavy atom. The molecule has 0 unspecified atom stereocenters. The van der Waals surface area contributed by atoms with E-state index in [0.29, 0.717) is 0 Å². The molecule has 0 saturated carbocycles. The average Bonchev–Trinajstić information content (AvgIpc) is 2.52. The standard InChI is InChI=1S/C9H10N2.C2H6/c1-7-5-10-9-4-3-8(2)11(9)6-7;1-2/h3-6H,1-2H3;1-2H3. The zero-order chi connectivity index (χ0) is 9.84. The Balaban J connectivity index is 0.000000396. The van der Waals surface area contributed by atoms with E-state index in [1.165, 1.54) is 11.3 Å². The maximum absolute atomic E-state index is 4.26. The zero-order valence-corrected chi connectivity index (χ0v) is 8.70. The van der Waals surface area contributed by atoms with Crippen molar-refractivity contribution in [2.45, 2.75) is 27.7 Å². The van der Waals surface area contributed by atoms with Gasteiger partial charge in [0, 0.05) is 18.1 Å². The van der Waals surface area contributed by atoms with Crippen LogP contribution in [0.25, 0.3) is 5.65 Å². The lowest BCUT2D eigenvalue weighted by atomic mass is 10.4. The minimum absolute atomic E-state index is 1.02. The fourth-order valence-corrected chi connectivity index (χ4v) is 1.21. The van der Waals surface area contributed by atoms with Crippen molar-refractivity contribution in [3.8, 4) is 0 Å². The summed E-state index contributed by atoms with van der Waals surface area (Å²) in [6, 6.07) is 4.09. The summed E-state index contributed by atoms with van der Waals surface area (Å²) in [5.41, 5.74) is 3.45. The molecule has 2 nitrogen and oxygen atoms in total. The summed E-state index contributed by atoms with van der Waals surface area (Å²) in [6.45, 7) is 8.12. The van der Waals surface area contributed by atoms with E-state index in [0.717, 1.165) is 5.65 Å². The van der Waals surface area contributed by atoms with Crippen molar-refractivity contribution in [2.24, 2.45) is 0 Å².